The highest BCUT2D eigenvalue weighted by atomic mass is 15.3. The summed E-state index contributed by atoms with van der Waals surface area (Å²) in [7, 11) is 0. The van der Waals surface area contributed by atoms with Gasteiger partial charge in [0.1, 0.15) is 11.6 Å². The summed E-state index contributed by atoms with van der Waals surface area (Å²) in [5, 5.41) is 8.52. The summed E-state index contributed by atoms with van der Waals surface area (Å²) in [6.07, 6.45) is 0. The van der Waals surface area contributed by atoms with Gasteiger partial charge >= 0.3 is 0 Å². The third-order valence-electron chi connectivity index (χ3n) is 3.25. The SMILES string of the molecule is Cc1nnc(C(CN)C(C)C)n1-c1ccccc1. The first-order valence-corrected chi connectivity index (χ1v) is 6.32. The van der Waals surface area contributed by atoms with Crippen LogP contribution < -0.4 is 5.73 Å². The van der Waals surface area contributed by atoms with Crippen molar-refractivity contribution in [3.8, 4) is 5.69 Å². The van der Waals surface area contributed by atoms with Crippen LogP contribution in [0.5, 0.6) is 0 Å². The van der Waals surface area contributed by atoms with Gasteiger partial charge in [0.05, 0.1) is 0 Å². The fraction of sp³-hybridized carbons (Fsp3) is 0.429. The van der Waals surface area contributed by atoms with E-state index >= 15 is 0 Å². The van der Waals surface area contributed by atoms with Gasteiger partial charge < -0.3 is 5.73 Å². The van der Waals surface area contributed by atoms with E-state index in [1.165, 1.54) is 0 Å². The molecule has 0 spiro atoms. The molecule has 96 valence electrons. The Bertz CT molecular complexity index is 502. The fourth-order valence-corrected chi connectivity index (χ4v) is 2.19. The molecule has 0 aliphatic carbocycles. The highest BCUT2D eigenvalue weighted by molar-refractivity contribution is 5.34. The quantitative estimate of drug-likeness (QED) is 0.897. The lowest BCUT2D eigenvalue weighted by molar-refractivity contribution is 0.476. The molecule has 1 heterocycles. The van der Waals surface area contributed by atoms with Gasteiger partial charge in [0.2, 0.25) is 0 Å². The lowest BCUT2D eigenvalue weighted by Crippen LogP contribution is -2.21. The summed E-state index contributed by atoms with van der Waals surface area (Å²) in [5.41, 5.74) is 6.97. The van der Waals surface area contributed by atoms with Crippen molar-refractivity contribution in [2.75, 3.05) is 6.54 Å². The molecule has 2 rings (SSSR count). The Kier molecular flexibility index (Phi) is 3.77. The number of aryl methyl sites for hydroxylation is 1. The zero-order valence-corrected chi connectivity index (χ0v) is 11.2. The predicted molar refractivity (Wildman–Crippen MR) is 72.7 cm³/mol. The van der Waals surface area contributed by atoms with Gasteiger partial charge in [-0.1, -0.05) is 32.0 Å². The molecule has 1 atom stereocenters. The Morgan fingerprint density at radius 3 is 2.39 bits per heavy atom. The first kappa shape index (κ1) is 12.8. The van der Waals surface area contributed by atoms with Crippen molar-refractivity contribution in [2.45, 2.75) is 26.7 Å². The predicted octanol–water partition coefficient (Wildman–Crippen LogP) is 2.27. The second kappa shape index (κ2) is 5.31. The number of aromatic nitrogens is 3. The lowest BCUT2D eigenvalue weighted by atomic mass is 9.95. The molecule has 0 saturated carbocycles. The van der Waals surface area contributed by atoms with E-state index in [1.807, 2.05) is 25.1 Å². The molecular formula is C14H20N4. The van der Waals surface area contributed by atoms with Gasteiger partial charge in [-0.2, -0.15) is 0 Å². The van der Waals surface area contributed by atoms with Crippen LogP contribution >= 0.6 is 0 Å². The number of hydrogen-bond acceptors (Lipinski definition) is 3. The van der Waals surface area contributed by atoms with E-state index in [1.54, 1.807) is 0 Å². The fourth-order valence-electron chi connectivity index (χ4n) is 2.19. The van der Waals surface area contributed by atoms with Gasteiger partial charge in [0.25, 0.3) is 0 Å². The average molecular weight is 244 g/mol. The normalized spacial score (nSPS) is 12.9. The second-order valence-electron chi connectivity index (χ2n) is 4.86. The van der Waals surface area contributed by atoms with Gasteiger partial charge in [-0.25, -0.2) is 0 Å². The van der Waals surface area contributed by atoms with Gasteiger partial charge in [-0.3, -0.25) is 4.57 Å². The number of rotatable bonds is 4. The summed E-state index contributed by atoms with van der Waals surface area (Å²) in [6, 6.07) is 10.2. The minimum absolute atomic E-state index is 0.228. The maximum absolute atomic E-state index is 5.88. The van der Waals surface area contributed by atoms with E-state index in [-0.39, 0.29) is 5.92 Å². The molecule has 1 aromatic heterocycles. The molecular weight excluding hydrogens is 224 g/mol. The van der Waals surface area contributed by atoms with Crippen LogP contribution in [0.4, 0.5) is 0 Å². The Hall–Kier alpha value is -1.68. The summed E-state index contributed by atoms with van der Waals surface area (Å²) in [4.78, 5) is 0. The number of benzene rings is 1. The third kappa shape index (κ3) is 2.29. The summed E-state index contributed by atoms with van der Waals surface area (Å²) < 4.78 is 2.09. The van der Waals surface area contributed by atoms with Crippen molar-refractivity contribution >= 4 is 0 Å². The Balaban J connectivity index is 2.51. The Labute approximate surface area is 108 Å². The zero-order chi connectivity index (χ0) is 13.1. The molecule has 18 heavy (non-hydrogen) atoms. The maximum atomic E-state index is 5.88. The van der Waals surface area contributed by atoms with Gasteiger partial charge in [0, 0.05) is 18.2 Å². The van der Waals surface area contributed by atoms with E-state index in [2.05, 4.69) is 40.7 Å². The van der Waals surface area contributed by atoms with Crippen molar-refractivity contribution in [1.29, 1.82) is 0 Å². The number of hydrogen-bond donors (Lipinski definition) is 1. The topological polar surface area (TPSA) is 56.7 Å². The van der Waals surface area contributed by atoms with Crippen molar-refractivity contribution in [2.24, 2.45) is 11.7 Å². The summed E-state index contributed by atoms with van der Waals surface area (Å²) in [5.74, 6) is 2.53. The molecule has 2 N–H and O–H groups in total. The first-order valence-electron chi connectivity index (χ1n) is 6.32. The van der Waals surface area contributed by atoms with E-state index in [0.717, 1.165) is 17.3 Å². The van der Waals surface area contributed by atoms with E-state index in [0.29, 0.717) is 12.5 Å². The molecule has 0 amide bonds. The van der Waals surface area contributed by atoms with Crippen LogP contribution in [-0.2, 0) is 0 Å². The van der Waals surface area contributed by atoms with Crippen LogP contribution in [0.15, 0.2) is 30.3 Å². The Morgan fingerprint density at radius 2 is 1.83 bits per heavy atom. The molecule has 1 aromatic carbocycles. The number of nitrogens with two attached hydrogens (primary N) is 1. The van der Waals surface area contributed by atoms with E-state index < -0.39 is 0 Å². The van der Waals surface area contributed by atoms with Crippen LogP contribution in [0.25, 0.3) is 5.69 Å². The summed E-state index contributed by atoms with van der Waals surface area (Å²) in [6.45, 7) is 6.88. The molecule has 0 fully saturated rings. The van der Waals surface area contributed by atoms with Gasteiger partial charge in [-0.05, 0) is 25.0 Å². The molecule has 0 aliphatic rings. The van der Waals surface area contributed by atoms with Crippen molar-refractivity contribution in [1.82, 2.24) is 14.8 Å². The standard InChI is InChI=1S/C14H20N4/c1-10(2)13(9-15)14-17-16-11(3)18(14)12-7-5-4-6-8-12/h4-8,10,13H,9,15H2,1-3H3. The number of para-hydroxylation sites is 1. The molecule has 1 unspecified atom stereocenters. The Morgan fingerprint density at radius 1 is 1.17 bits per heavy atom. The minimum atomic E-state index is 0.228. The molecule has 0 radical (unpaired) electrons. The zero-order valence-electron chi connectivity index (χ0n) is 11.2. The van der Waals surface area contributed by atoms with Crippen LogP contribution in [0.2, 0.25) is 0 Å². The van der Waals surface area contributed by atoms with Crippen molar-refractivity contribution < 1.29 is 0 Å². The number of nitrogens with zero attached hydrogens (tertiary/aromatic N) is 3. The highest BCUT2D eigenvalue weighted by Gasteiger charge is 2.22. The molecule has 4 nitrogen and oxygen atoms in total. The highest BCUT2D eigenvalue weighted by Crippen LogP contribution is 2.24. The van der Waals surface area contributed by atoms with Crippen LogP contribution in [0, 0.1) is 12.8 Å². The third-order valence-corrected chi connectivity index (χ3v) is 3.25. The van der Waals surface area contributed by atoms with Crippen molar-refractivity contribution in [3.05, 3.63) is 42.0 Å². The van der Waals surface area contributed by atoms with Crippen molar-refractivity contribution in [3.63, 3.8) is 0 Å². The average Bonchev–Trinajstić information content (AvgIpc) is 2.73. The van der Waals surface area contributed by atoms with Gasteiger partial charge in [-0.15, -0.1) is 10.2 Å². The maximum Gasteiger partial charge on any atom is 0.142 e. The monoisotopic (exact) mass is 244 g/mol. The minimum Gasteiger partial charge on any atom is -0.330 e. The molecule has 0 aliphatic heterocycles. The molecule has 4 heteroatoms. The summed E-state index contributed by atoms with van der Waals surface area (Å²) >= 11 is 0. The van der Waals surface area contributed by atoms with E-state index in [4.69, 9.17) is 5.73 Å². The van der Waals surface area contributed by atoms with Crippen LogP contribution in [-0.4, -0.2) is 21.3 Å². The van der Waals surface area contributed by atoms with Gasteiger partial charge in [0.15, 0.2) is 0 Å². The smallest absolute Gasteiger partial charge is 0.142 e. The largest absolute Gasteiger partial charge is 0.330 e. The lowest BCUT2D eigenvalue weighted by Gasteiger charge is -2.19. The molecule has 0 saturated heterocycles. The van der Waals surface area contributed by atoms with Crippen LogP contribution in [0.3, 0.4) is 0 Å². The van der Waals surface area contributed by atoms with Crippen LogP contribution in [0.1, 0.15) is 31.4 Å². The molecule has 0 bridgehead atoms. The first-order chi connectivity index (χ1) is 8.65. The van der Waals surface area contributed by atoms with E-state index in [9.17, 15) is 0 Å². The molecule has 2 aromatic rings. The second-order valence-corrected chi connectivity index (χ2v) is 4.86.